The van der Waals surface area contributed by atoms with E-state index in [0.717, 1.165) is 13.1 Å². The Balaban J connectivity index is 1.72. The molecular weight excluding hydrogens is 264 g/mol. The van der Waals surface area contributed by atoms with Crippen LogP contribution in [0.5, 0.6) is 0 Å². The van der Waals surface area contributed by atoms with Crippen LogP contribution in [0.25, 0.3) is 0 Å². The van der Waals surface area contributed by atoms with Crippen LogP contribution in [0, 0.1) is 0 Å². The van der Waals surface area contributed by atoms with E-state index < -0.39 is 0 Å². The highest BCUT2D eigenvalue weighted by atomic mass is 16.1. The number of likely N-dealkylation sites (tertiary alicyclic amines) is 1. The lowest BCUT2D eigenvalue weighted by Crippen LogP contribution is -2.22. The molecule has 0 aliphatic carbocycles. The molecule has 1 aromatic heterocycles. The molecule has 1 aliphatic rings. The van der Waals surface area contributed by atoms with Gasteiger partial charge in [0, 0.05) is 37.0 Å². The second-order valence-electron chi connectivity index (χ2n) is 5.64. The molecule has 1 fully saturated rings. The Morgan fingerprint density at radius 3 is 2.76 bits per heavy atom. The standard InChI is InChI=1S/C16H20N4O/c1-19-11-14(9-18-19)15-3-2-8-20(15)10-12-4-6-13(7-5-12)16(17)21/h4-7,9,11,15H,2-3,8,10H2,1H3,(H2,17,21)/t15-/m0/s1. The lowest BCUT2D eigenvalue weighted by atomic mass is 10.1. The van der Waals surface area contributed by atoms with E-state index >= 15 is 0 Å². The highest BCUT2D eigenvalue weighted by molar-refractivity contribution is 5.92. The Morgan fingerprint density at radius 1 is 1.38 bits per heavy atom. The van der Waals surface area contributed by atoms with Gasteiger partial charge in [-0.25, -0.2) is 0 Å². The first-order valence-corrected chi connectivity index (χ1v) is 7.25. The molecular formula is C16H20N4O. The number of aromatic nitrogens is 2. The molecule has 1 atom stereocenters. The zero-order valence-electron chi connectivity index (χ0n) is 12.2. The second-order valence-corrected chi connectivity index (χ2v) is 5.64. The van der Waals surface area contributed by atoms with Crippen LogP contribution in [0.1, 0.15) is 40.4 Å². The van der Waals surface area contributed by atoms with Gasteiger partial charge in [0.2, 0.25) is 5.91 Å². The van der Waals surface area contributed by atoms with Gasteiger partial charge in [-0.2, -0.15) is 5.10 Å². The molecule has 2 aromatic rings. The van der Waals surface area contributed by atoms with Crippen molar-refractivity contribution in [1.82, 2.24) is 14.7 Å². The average molecular weight is 284 g/mol. The number of primary amides is 1. The molecule has 0 radical (unpaired) electrons. The predicted octanol–water partition coefficient (Wildman–Crippen LogP) is 1.86. The number of benzene rings is 1. The third-order valence-corrected chi connectivity index (χ3v) is 4.10. The number of amides is 1. The third-order valence-electron chi connectivity index (χ3n) is 4.10. The van der Waals surface area contributed by atoms with Crippen LogP contribution in [0.4, 0.5) is 0 Å². The molecule has 110 valence electrons. The van der Waals surface area contributed by atoms with Crippen LogP contribution in [-0.2, 0) is 13.6 Å². The third kappa shape index (κ3) is 2.97. The summed E-state index contributed by atoms with van der Waals surface area (Å²) in [6.45, 7) is 1.98. The van der Waals surface area contributed by atoms with Crippen LogP contribution in [0.15, 0.2) is 36.7 Å². The Bertz CT molecular complexity index is 632. The summed E-state index contributed by atoms with van der Waals surface area (Å²) in [7, 11) is 1.95. The van der Waals surface area contributed by atoms with Crippen molar-refractivity contribution in [2.24, 2.45) is 12.8 Å². The number of aryl methyl sites for hydroxylation is 1. The molecule has 2 heterocycles. The number of hydrogen-bond acceptors (Lipinski definition) is 3. The minimum Gasteiger partial charge on any atom is -0.366 e. The molecule has 1 saturated heterocycles. The van der Waals surface area contributed by atoms with Crippen molar-refractivity contribution in [3.05, 3.63) is 53.3 Å². The Labute approximate surface area is 124 Å². The molecule has 0 unspecified atom stereocenters. The van der Waals surface area contributed by atoms with Gasteiger partial charge in [-0.05, 0) is 37.1 Å². The summed E-state index contributed by atoms with van der Waals surface area (Å²) in [6.07, 6.45) is 6.43. The average Bonchev–Trinajstić information content (AvgIpc) is 3.08. The van der Waals surface area contributed by atoms with E-state index in [4.69, 9.17) is 5.73 Å². The first-order valence-electron chi connectivity index (χ1n) is 7.25. The Hall–Kier alpha value is -2.14. The van der Waals surface area contributed by atoms with Crippen LogP contribution in [0.2, 0.25) is 0 Å². The molecule has 0 bridgehead atoms. The van der Waals surface area contributed by atoms with Gasteiger partial charge in [0.15, 0.2) is 0 Å². The second kappa shape index (κ2) is 5.69. The first-order chi connectivity index (χ1) is 10.1. The van der Waals surface area contributed by atoms with E-state index in [0.29, 0.717) is 11.6 Å². The first kappa shape index (κ1) is 13.8. The number of nitrogens with two attached hydrogens (primary N) is 1. The number of carbonyl (C=O) groups is 1. The van der Waals surface area contributed by atoms with Gasteiger partial charge >= 0.3 is 0 Å². The number of hydrogen-bond donors (Lipinski definition) is 1. The van der Waals surface area contributed by atoms with Crippen molar-refractivity contribution in [1.29, 1.82) is 0 Å². The Morgan fingerprint density at radius 2 is 2.14 bits per heavy atom. The lowest BCUT2D eigenvalue weighted by molar-refractivity contribution is 0.100. The van der Waals surface area contributed by atoms with Crippen LogP contribution in [-0.4, -0.2) is 27.1 Å². The number of carbonyl (C=O) groups excluding carboxylic acids is 1. The van der Waals surface area contributed by atoms with Crippen LogP contribution < -0.4 is 5.73 Å². The van der Waals surface area contributed by atoms with Crippen molar-refractivity contribution >= 4 is 5.91 Å². The van der Waals surface area contributed by atoms with Gasteiger partial charge in [0.05, 0.1) is 6.20 Å². The maximum Gasteiger partial charge on any atom is 0.248 e. The zero-order valence-corrected chi connectivity index (χ0v) is 12.2. The highest BCUT2D eigenvalue weighted by Crippen LogP contribution is 2.32. The summed E-state index contributed by atoms with van der Waals surface area (Å²) in [6, 6.07) is 8.01. The molecule has 1 amide bonds. The quantitative estimate of drug-likeness (QED) is 0.932. The van der Waals surface area contributed by atoms with Gasteiger partial charge < -0.3 is 5.73 Å². The van der Waals surface area contributed by atoms with E-state index in [-0.39, 0.29) is 5.91 Å². The summed E-state index contributed by atoms with van der Waals surface area (Å²) < 4.78 is 1.85. The molecule has 0 saturated carbocycles. The summed E-state index contributed by atoms with van der Waals surface area (Å²) in [5.41, 5.74) is 8.31. The summed E-state index contributed by atoms with van der Waals surface area (Å²) >= 11 is 0. The number of nitrogens with zero attached hydrogens (tertiary/aromatic N) is 3. The van der Waals surface area contributed by atoms with E-state index in [1.54, 1.807) is 12.1 Å². The monoisotopic (exact) mass is 284 g/mol. The molecule has 5 heteroatoms. The fourth-order valence-corrected chi connectivity index (χ4v) is 3.01. The van der Waals surface area contributed by atoms with Gasteiger partial charge in [-0.3, -0.25) is 14.4 Å². The van der Waals surface area contributed by atoms with Gasteiger partial charge in [0.1, 0.15) is 0 Å². The normalized spacial score (nSPS) is 19.0. The lowest BCUT2D eigenvalue weighted by Gasteiger charge is -2.23. The van der Waals surface area contributed by atoms with Crippen molar-refractivity contribution in [2.45, 2.75) is 25.4 Å². The van der Waals surface area contributed by atoms with Gasteiger partial charge in [-0.1, -0.05) is 12.1 Å². The smallest absolute Gasteiger partial charge is 0.248 e. The molecule has 0 spiro atoms. The fourth-order valence-electron chi connectivity index (χ4n) is 3.01. The highest BCUT2D eigenvalue weighted by Gasteiger charge is 2.26. The topological polar surface area (TPSA) is 64.2 Å². The van der Waals surface area contributed by atoms with Gasteiger partial charge in [-0.15, -0.1) is 0 Å². The summed E-state index contributed by atoms with van der Waals surface area (Å²) in [5, 5.41) is 4.27. The molecule has 5 nitrogen and oxygen atoms in total. The summed E-state index contributed by atoms with van der Waals surface area (Å²) in [5.74, 6) is -0.379. The minimum absolute atomic E-state index is 0.379. The molecule has 1 aromatic carbocycles. The predicted molar refractivity (Wildman–Crippen MR) is 80.6 cm³/mol. The minimum atomic E-state index is -0.379. The van der Waals surface area contributed by atoms with E-state index in [1.807, 2.05) is 30.1 Å². The van der Waals surface area contributed by atoms with E-state index in [1.165, 1.54) is 24.0 Å². The molecule has 1 aliphatic heterocycles. The van der Waals surface area contributed by atoms with E-state index in [9.17, 15) is 4.79 Å². The molecule has 2 N–H and O–H groups in total. The van der Waals surface area contributed by atoms with Crippen LogP contribution >= 0.6 is 0 Å². The van der Waals surface area contributed by atoms with Gasteiger partial charge in [0.25, 0.3) is 0 Å². The maximum atomic E-state index is 11.1. The van der Waals surface area contributed by atoms with Crippen molar-refractivity contribution < 1.29 is 4.79 Å². The summed E-state index contributed by atoms with van der Waals surface area (Å²) in [4.78, 5) is 13.6. The Kier molecular flexibility index (Phi) is 3.75. The SMILES string of the molecule is Cn1cc([C@@H]2CCCN2Cc2ccc(C(N)=O)cc2)cn1. The van der Waals surface area contributed by atoms with E-state index in [2.05, 4.69) is 16.2 Å². The fraction of sp³-hybridized carbons (Fsp3) is 0.375. The largest absolute Gasteiger partial charge is 0.366 e. The molecule has 21 heavy (non-hydrogen) atoms. The number of rotatable bonds is 4. The zero-order chi connectivity index (χ0) is 14.8. The van der Waals surface area contributed by atoms with Crippen molar-refractivity contribution in [2.75, 3.05) is 6.54 Å². The maximum absolute atomic E-state index is 11.1. The van der Waals surface area contributed by atoms with Crippen molar-refractivity contribution in [3.63, 3.8) is 0 Å². The molecule has 3 rings (SSSR count). The van der Waals surface area contributed by atoms with Crippen LogP contribution in [0.3, 0.4) is 0 Å². The van der Waals surface area contributed by atoms with Crippen molar-refractivity contribution in [3.8, 4) is 0 Å².